The largest absolute Gasteiger partial charge is 0.497 e. The van der Waals surface area contributed by atoms with E-state index in [0.29, 0.717) is 18.6 Å². The standard InChI is InChI=1S/C28H30BrNO3/c1-4-16(2)13-30-25-18-10-11-20(31-3)26-27(18)15-28(25,30)22-19(29)12-21(24(33-26)23(22)27)32-14-17-8-6-5-7-9-17/h6,8-12,16,25-26H,4-5,7,13-15H2,1-3H3. The van der Waals surface area contributed by atoms with Gasteiger partial charge in [-0.1, -0.05) is 60.5 Å². The van der Waals surface area contributed by atoms with Crippen LogP contribution in [0, 0.1) is 5.92 Å². The third-order valence-corrected chi connectivity index (χ3v) is 9.54. The average Bonchev–Trinajstić information content (AvgIpc) is 3.10. The van der Waals surface area contributed by atoms with E-state index in [1.807, 2.05) is 0 Å². The third-order valence-electron chi connectivity index (χ3n) is 8.92. The molecule has 6 unspecified atom stereocenters. The molecule has 0 aromatic heterocycles. The maximum atomic E-state index is 6.74. The Kier molecular flexibility index (Phi) is 4.20. The van der Waals surface area contributed by atoms with Crippen LogP contribution in [0.5, 0.6) is 11.5 Å². The Bertz CT molecular complexity index is 1200. The second-order valence-electron chi connectivity index (χ2n) is 10.5. The van der Waals surface area contributed by atoms with Crippen molar-refractivity contribution in [3.63, 3.8) is 0 Å². The van der Waals surface area contributed by atoms with E-state index in [1.165, 1.54) is 28.7 Å². The summed E-state index contributed by atoms with van der Waals surface area (Å²) in [6.07, 6.45) is 15.5. The van der Waals surface area contributed by atoms with Crippen molar-refractivity contribution in [2.24, 2.45) is 5.92 Å². The minimum atomic E-state index is -0.118. The Labute approximate surface area is 204 Å². The second kappa shape index (κ2) is 6.79. The van der Waals surface area contributed by atoms with E-state index in [1.54, 1.807) is 7.11 Å². The number of benzene rings is 1. The van der Waals surface area contributed by atoms with Crippen molar-refractivity contribution in [2.75, 3.05) is 20.3 Å². The Hall–Kier alpha value is -1.98. The number of methoxy groups -OCH3 is 1. The summed E-state index contributed by atoms with van der Waals surface area (Å²) in [7, 11) is 1.76. The summed E-state index contributed by atoms with van der Waals surface area (Å²) in [5, 5.41) is 0. The van der Waals surface area contributed by atoms with E-state index in [9.17, 15) is 0 Å². The minimum absolute atomic E-state index is 0.0877. The quantitative estimate of drug-likeness (QED) is 0.428. The summed E-state index contributed by atoms with van der Waals surface area (Å²) in [4.78, 5) is 2.75. The number of nitrogens with zero attached hydrogens (tertiary/aromatic N) is 1. The molecular formula is C28H30BrNO3. The predicted molar refractivity (Wildman–Crippen MR) is 132 cm³/mol. The first kappa shape index (κ1) is 20.4. The van der Waals surface area contributed by atoms with Crippen LogP contribution in [0.4, 0.5) is 0 Å². The van der Waals surface area contributed by atoms with Crippen LogP contribution < -0.4 is 9.47 Å². The number of ether oxygens (including phenoxy) is 3. The van der Waals surface area contributed by atoms with Gasteiger partial charge in [-0.05, 0) is 54.0 Å². The molecule has 4 aliphatic carbocycles. The number of piperidine rings is 1. The van der Waals surface area contributed by atoms with Crippen LogP contribution in [0.25, 0.3) is 0 Å². The summed E-state index contributed by atoms with van der Waals surface area (Å²) < 4.78 is 20.2. The van der Waals surface area contributed by atoms with Gasteiger partial charge in [0.05, 0.1) is 24.1 Å². The van der Waals surface area contributed by atoms with Gasteiger partial charge in [0.1, 0.15) is 12.4 Å². The molecule has 33 heavy (non-hydrogen) atoms. The van der Waals surface area contributed by atoms with Crippen molar-refractivity contribution in [3.05, 3.63) is 69.0 Å². The molecular weight excluding hydrogens is 478 g/mol. The van der Waals surface area contributed by atoms with Crippen LogP contribution in [0.3, 0.4) is 0 Å². The molecule has 6 aliphatic rings. The van der Waals surface area contributed by atoms with Gasteiger partial charge in [-0.3, -0.25) is 4.90 Å². The summed E-state index contributed by atoms with van der Waals surface area (Å²) in [6, 6.07) is 2.63. The van der Waals surface area contributed by atoms with E-state index in [4.69, 9.17) is 14.2 Å². The van der Waals surface area contributed by atoms with E-state index >= 15 is 0 Å². The van der Waals surface area contributed by atoms with E-state index in [2.05, 4.69) is 71.1 Å². The van der Waals surface area contributed by atoms with Gasteiger partial charge in [-0.25, -0.2) is 0 Å². The smallest absolute Gasteiger partial charge is 0.169 e. The molecule has 7 rings (SSSR count). The maximum absolute atomic E-state index is 6.74. The highest BCUT2D eigenvalue weighted by Gasteiger charge is 2.84. The zero-order valence-electron chi connectivity index (χ0n) is 19.5. The van der Waals surface area contributed by atoms with Gasteiger partial charge >= 0.3 is 0 Å². The topological polar surface area (TPSA) is 30.7 Å². The molecule has 1 saturated carbocycles. The molecule has 0 radical (unpaired) electrons. The zero-order chi connectivity index (χ0) is 22.5. The Morgan fingerprint density at radius 1 is 1.27 bits per heavy atom. The van der Waals surface area contributed by atoms with Crippen LogP contribution in [0.2, 0.25) is 0 Å². The normalized spacial score (nSPS) is 36.4. The molecule has 5 heteroatoms. The number of fused-ring (bicyclic) bond motifs is 1. The Balaban J connectivity index is 1.35. The van der Waals surface area contributed by atoms with E-state index in [-0.39, 0.29) is 17.1 Å². The lowest BCUT2D eigenvalue weighted by molar-refractivity contribution is 0.108. The fraction of sp³-hybridized carbons (Fsp3) is 0.500. The fourth-order valence-electron chi connectivity index (χ4n) is 7.31. The fourth-order valence-corrected chi connectivity index (χ4v) is 8.06. The number of allylic oxidation sites excluding steroid dienone is 4. The molecule has 1 saturated heterocycles. The van der Waals surface area contributed by atoms with Gasteiger partial charge < -0.3 is 14.2 Å². The second-order valence-corrected chi connectivity index (χ2v) is 11.4. The Morgan fingerprint density at radius 2 is 2.15 bits per heavy atom. The summed E-state index contributed by atoms with van der Waals surface area (Å²) >= 11 is 3.98. The van der Waals surface area contributed by atoms with Crippen LogP contribution in [-0.2, 0) is 15.7 Å². The summed E-state index contributed by atoms with van der Waals surface area (Å²) in [5.74, 6) is 3.38. The SMILES string of the molecule is CCC(C)CN1C2C3=CC=C(OC)C4Oc5c(OCC6=CCCC=C6)cc(Br)c6c5C34CC621. The van der Waals surface area contributed by atoms with Crippen molar-refractivity contribution < 1.29 is 14.2 Å². The highest BCUT2D eigenvalue weighted by Crippen LogP contribution is 2.81. The molecule has 4 nitrogen and oxygen atoms in total. The van der Waals surface area contributed by atoms with Crippen LogP contribution in [0.15, 0.2) is 57.8 Å². The van der Waals surface area contributed by atoms with Crippen LogP contribution in [0.1, 0.15) is 50.7 Å². The monoisotopic (exact) mass is 507 g/mol. The predicted octanol–water partition coefficient (Wildman–Crippen LogP) is 5.92. The number of rotatable bonds is 7. The first-order valence-electron chi connectivity index (χ1n) is 12.3. The molecule has 1 aromatic rings. The van der Waals surface area contributed by atoms with Gasteiger partial charge in [-0.15, -0.1) is 0 Å². The van der Waals surface area contributed by atoms with Crippen molar-refractivity contribution in [1.29, 1.82) is 0 Å². The molecule has 2 fully saturated rings. The van der Waals surface area contributed by atoms with Gasteiger partial charge in [0.15, 0.2) is 17.6 Å². The molecule has 2 aliphatic heterocycles. The molecule has 1 aromatic carbocycles. The highest BCUT2D eigenvalue weighted by molar-refractivity contribution is 9.10. The third kappa shape index (κ3) is 2.36. The Morgan fingerprint density at radius 3 is 2.91 bits per heavy atom. The average molecular weight is 508 g/mol. The summed E-state index contributed by atoms with van der Waals surface area (Å²) in [5.41, 5.74) is 5.51. The maximum Gasteiger partial charge on any atom is 0.169 e. The molecule has 2 bridgehead atoms. The lowest BCUT2D eigenvalue weighted by Gasteiger charge is -2.36. The molecule has 2 heterocycles. The van der Waals surface area contributed by atoms with E-state index < -0.39 is 0 Å². The molecule has 0 N–H and O–H groups in total. The van der Waals surface area contributed by atoms with Crippen molar-refractivity contribution in [3.8, 4) is 11.5 Å². The molecule has 6 atom stereocenters. The number of halogens is 1. The zero-order valence-corrected chi connectivity index (χ0v) is 21.1. The van der Waals surface area contributed by atoms with Gasteiger partial charge in [0.25, 0.3) is 0 Å². The van der Waals surface area contributed by atoms with Gasteiger partial charge in [0, 0.05) is 16.6 Å². The van der Waals surface area contributed by atoms with Gasteiger partial charge in [-0.2, -0.15) is 0 Å². The first-order chi connectivity index (χ1) is 16.1. The first-order valence-corrected chi connectivity index (χ1v) is 13.1. The lowest BCUT2D eigenvalue weighted by atomic mass is 9.69. The van der Waals surface area contributed by atoms with E-state index in [0.717, 1.165) is 47.5 Å². The summed E-state index contributed by atoms with van der Waals surface area (Å²) in [6.45, 7) is 6.37. The van der Waals surface area contributed by atoms with Crippen molar-refractivity contribution in [2.45, 2.75) is 62.6 Å². The number of hydrogen-bond donors (Lipinski definition) is 0. The van der Waals surface area contributed by atoms with Crippen LogP contribution in [-0.4, -0.2) is 37.3 Å². The number of likely N-dealkylation sites (tertiary alicyclic amines) is 1. The lowest BCUT2D eigenvalue weighted by Crippen LogP contribution is -2.43. The molecule has 0 amide bonds. The minimum Gasteiger partial charge on any atom is -0.497 e. The van der Waals surface area contributed by atoms with Gasteiger partial charge in [0.2, 0.25) is 0 Å². The van der Waals surface area contributed by atoms with Crippen molar-refractivity contribution >= 4 is 15.9 Å². The van der Waals surface area contributed by atoms with Crippen LogP contribution >= 0.6 is 15.9 Å². The van der Waals surface area contributed by atoms with Crippen molar-refractivity contribution in [1.82, 2.24) is 4.90 Å². The number of hydrogen-bond acceptors (Lipinski definition) is 4. The molecule has 172 valence electrons. The molecule has 2 spiro atoms. The highest BCUT2D eigenvalue weighted by atomic mass is 79.9.